The summed E-state index contributed by atoms with van der Waals surface area (Å²) in [5.41, 5.74) is 2.26. The van der Waals surface area contributed by atoms with Gasteiger partial charge in [0.1, 0.15) is 5.75 Å². The normalized spacial score (nSPS) is 13.5. The van der Waals surface area contributed by atoms with Crippen molar-refractivity contribution in [2.45, 2.75) is 32.4 Å². The molecule has 2 aromatic rings. The number of amides is 1. The van der Waals surface area contributed by atoms with E-state index in [1.807, 2.05) is 31.2 Å². The highest BCUT2D eigenvalue weighted by Gasteiger charge is 2.14. The Balaban J connectivity index is 1.95. The number of hydrogen-bond donors (Lipinski definition) is 5. The Morgan fingerprint density at radius 2 is 1.90 bits per heavy atom. The maximum Gasteiger partial charge on any atom is 0.229 e. The summed E-state index contributed by atoms with van der Waals surface area (Å²) in [7, 11) is -3.55. The molecule has 0 fully saturated rings. The lowest BCUT2D eigenvalue weighted by Gasteiger charge is -2.19. The van der Waals surface area contributed by atoms with Crippen molar-refractivity contribution in [3.05, 3.63) is 53.6 Å². The topological polar surface area (TPSA) is 128 Å². The standard InChI is InChI=1S/C20H27N3O5S/c1-13(9-15-5-4-6-17(10-15)22-14(2)24)21-12-20(26)16-7-8-19(25)18(11-16)23-29(3,27)28/h4-8,10-11,13,20-21,23,25-26H,9,12H2,1-3H3,(H,22,24)/t13-,20+/m1/s1. The van der Waals surface area contributed by atoms with Gasteiger partial charge in [-0.15, -0.1) is 0 Å². The number of benzene rings is 2. The summed E-state index contributed by atoms with van der Waals surface area (Å²) in [6, 6.07) is 11.9. The molecule has 9 heteroatoms. The lowest BCUT2D eigenvalue weighted by Crippen LogP contribution is -2.32. The van der Waals surface area contributed by atoms with E-state index in [-0.39, 0.29) is 29.9 Å². The van der Waals surface area contributed by atoms with Gasteiger partial charge >= 0.3 is 0 Å². The SMILES string of the molecule is CC(=O)Nc1cccc(C[C@@H](C)NC[C@H](O)c2ccc(O)c(NS(C)(=O)=O)c2)c1. The number of anilines is 2. The number of sulfonamides is 1. The monoisotopic (exact) mass is 421 g/mol. The third-order valence-electron chi connectivity index (χ3n) is 4.15. The van der Waals surface area contributed by atoms with Crippen LogP contribution < -0.4 is 15.4 Å². The number of phenolic OH excluding ortho intramolecular Hbond substituents is 1. The summed E-state index contributed by atoms with van der Waals surface area (Å²) < 4.78 is 25.0. The molecular weight excluding hydrogens is 394 g/mol. The highest BCUT2D eigenvalue weighted by atomic mass is 32.2. The fourth-order valence-corrected chi connectivity index (χ4v) is 3.44. The number of aromatic hydroxyl groups is 1. The van der Waals surface area contributed by atoms with E-state index < -0.39 is 16.1 Å². The van der Waals surface area contributed by atoms with Gasteiger partial charge < -0.3 is 20.8 Å². The first-order valence-electron chi connectivity index (χ1n) is 9.12. The Kier molecular flexibility index (Phi) is 7.60. The number of aliphatic hydroxyl groups excluding tert-OH is 1. The molecule has 0 bridgehead atoms. The van der Waals surface area contributed by atoms with Crippen molar-refractivity contribution in [3.8, 4) is 5.75 Å². The minimum atomic E-state index is -3.55. The number of rotatable bonds is 9. The molecule has 2 aromatic carbocycles. The van der Waals surface area contributed by atoms with Crippen molar-refractivity contribution in [1.82, 2.24) is 5.32 Å². The van der Waals surface area contributed by atoms with Crippen LogP contribution in [0.1, 0.15) is 31.1 Å². The number of hydrogen-bond acceptors (Lipinski definition) is 6. The predicted molar refractivity (Wildman–Crippen MR) is 113 cm³/mol. The molecule has 0 aliphatic rings. The van der Waals surface area contributed by atoms with Crippen LogP contribution in [0, 0.1) is 0 Å². The summed E-state index contributed by atoms with van der Waals surface area (Å²) in [6.07, 6.45) is 0.792. The van der Waals surface area contributed by atoms with Gasteiger partial charge in [0.2, 0.25) is 15.9 Å². The number of nitrogens with one attached hydrogen (secondary N) is 3. The van der Waals surface area contributed by atoms with Gasteiger partial charge in [-0.1, -0.05) is 18.2 Å². The highest BCUT2D eigenvalue weighted by Crippen LogP contribution is 2.27. The Bertz CT molecular complexity index is 962. The van der Waals surface area contributed by atoms with E-state index in [1.165, 1.54) is 25.1 Å². The molecule has 0 saturated heterocycles. The lowest BCUT2D eigenvalue weighted by atomic mass is 10.0. The minimum absolute atomic E-state index is 0.0203. The molecule has 0 heterocycles. The molecule has 2 rings (SSSR count). The van der Waals surface area contributed by atoms with Gasteiger partial charge in [0.25, 0.3) is 0 Å². The van der Waals surface area contributed by atoms with E-state index in [0.29, 0.717) is 12.0 Å². The summed E-state index contributed by atoms with van der Waals surface area (Å²) >= 11 is 0. The van der Waals surface area contributed by atoms with E-state index in [0.717, 1.165) is 17.5 Å². The van der Waals surface area contributed by atoms with E-state index >= 15 is 0 Å². The summed E-state index contributed by atoms with van der Waals surface area (Å²) in [4.78, 5) is 11.2. The third-order valence-corrected chi connectivity index (χ3v) is 4.74. The fraction of sp³-hybridized carbons (Fsp3) is 0.350. The highest BCUT2D eigenvalue weighted by molar-refractivity contribution is 7.92. The van der Waals surface area contributed by atoms with Gasteiger partial charge in [0, 0.05) is 25.2 Å². The maximum atomic E-state index is 11.4. The Hall–Kier alpha value is -2.62. The quantitative estimate of drug-likeness (QED) is 0.394. The predicted octanol–water partition coefficient (Wildman–Crippen LogP) is 1.98. The fourth-order valence-electron chi connectivity index (χ4n) is 2.88. The lowest BCUT2D eigenvalue weighted by molar-refractivity contribution is -0.114. The maximum absolute atomic E-state index is 11.4. The van der Waals surface area contributed by atoms with Crippen molar-refractivity contribution < 1.29 is 23.4 Å². The van der Waals surface area contributed by atoms with E-state index in [4.69, 9.17) is 0 Å². The number of phenols is 1. The summed E-state index contributed by atoms with van der Waals surface area (Å²) in [5, 5.41) is 26.2. The van der Waals surface area contributed by atoms with Crippen LogP contribution in [0.15, 0.2) is 42.5 Å². The van der Waals surface area contributed by atoms with Gasteiger partial charge in [-0.3, -0.25) is 9.52 Å². The molecule has 5 N–H and O–H groups in total. The molecule has 0 aliphatic heterocycles. The Labute approximate surface area is 171 Å². The zero-order valence-electron chi connectivity index (χ0n) is 16.6. The summed E-state index contributed by atoms with van der Waals surface area (Å²) in [6.45, 7) is 3.68. The summed E-state index contributed by atoms with van der Waals surface area (Å²) in [5.74, 6) is -0.346. The van der Waals surface area contributed by atoms with Crippen LogP contribution in [-0.2, 0) is 21.2 Å². The van der Waals surface area contributed by atoms with Crippen molar-refractivity contribution in [2.24, 2.45) is 0 Å². The van der Waals surface area contributed by atoms with Crippen LogP contribution >= 0.6 is 0 Å². The molecule has 1 amide bonds. The Morgan fingerprint density at radius 1 is 1.17 bits per heavy atom. The molecule has 0 saturated carbocycles. The van der Waals surface area contributed by atoms with Gasteiger partial charge in [-0.05, 0) is 48.7 Å². The average molecular weight is 422 g/mol. The van der Waals surface area contributed by atoms with Gasteiger partial charge in [0.15, 0.2) is 0 Å². The molecule has 29 heavy (non-hydrogen) atoms. The van der Waals surface area contributed by atoms with E-state index in [1.54, 1.807) is 0 Å². The van der Waals surface area contributed by atoms with E-state index in [2.05, 4.69) is 15.4 Å². The zero-order valence-corrected chi connectivity index (χ0v) is 17.5. The minimum Gasteiger partial charge on any atom is -0.506 e. The molecule has 2 atom stereocenters. The second-order valence-electron chi connectivity index (χ2n) is 7.06. The van der Waals surface area contributed by atoms with Crippen LogP contribution in [0.2, 0.25) is 0 Å². The largest absolute Gasteiger partial charge is 0.506 e. The van der Waals surface area contributed by atoms with Crippen molar-refractivity contribution in [1.29, 1.82) is 0 Å². The van der Waals surface area contributed by atoms with Crippen molar-refractivity contribution in [3.63, 3.8) is 0 Å². The van der Waals surface area contributed by atoms with Crippen LogP contribution in [-0.4, -0.2) is 43.4 Å². The van der Waals surface area contributed by atoms with Crippen LogP contribution in [0.5, 0.6) is 5.75 Å². The van der Waals surface area contributed by atoms with Gasteiger partial charge in [-0.25, -0.2) is 8.42 Å². The molecule has 0 radical (unpaired) electrons. The number of aliphatic hydroxyl groups is 1. The molecule has 0 aliphatic carbocycles. The Morgan fingerprint density at radius 3 is 2.55 bits per heavy atom. The van der Waals surface area contributed by atoms with Crippen LogP contribution in [0.3, 0.4) is 0 Å². The second-order valence-corrected chi connectivity index (χ2v) is 8.81. The average Bonchev–Trinajstić information content (AvgIpc) is 2.60. The van der Waals surface area contributed by atoms with Crippen molar-refractivity contribution >= 4 is 27.3 Å². The van der Waals surface area contributed by atoms with Gasteiger partial charge in [-0.2, -0.15) is 0 Å². The first kappa shape index (κ1) is 22.7. The zero-order chi connectivity index (χ0) is 21.6. The van der Waals surface area contributed by atoms with Crippen LogP contribution in [0.25, 0.3) is 0 Å². The molecule has 0 aromatic heterocycles. The van der Waals surface area contributed by atoms with Crippen molar-refractivity contribution in [2.75, 3.05) is 22.8 Å². The molecule has 0 unspecified atom stereocenters. The van der Waals surface area contributed by atoms with Gasteiger partial charge in [0.05, 0.1) is 18.0 Å². The number of carbonyl (C=O) groups is 1. The molecule has 8 nitrogen and oxygen atoms in total. The smallest absolute Gasteiger partial charge is 0.229 e. The third kappa shape index (κ3) is 7.72. The molecule has 0 spiro atoms. The second kappa shape index (κ2) is 9.73. The number of carbonyl (C=O) groups excluding carboxylic acids is 1. The van der Waals surface area contributed by atoms with E-state index in [9.17, 15) is 23.4 Å². The van der Waals surface area contributed by atoms with Crippen LogP contribution in [0.4, 0.5) is 11.4 Å². The molecule has 158 valence electrons. The first-order valence-corrected chi connectivity index (χ1v) is 11.0. The first-order chi connectivity index (χ1) is 13.5. The molecular formula is C20H27N3O5S.